The highest BCUT2D eigenvalue weighted by Crippen LogP contribution is 2.13. The Kier molecular flexibility index (Phi) is 4.68. The second-order valence-electron chi connectivity index (χ2n) is 4.72. The monoisotopic (exact) mass is 299 g/mol. The van der Waals surface area contributed by atoms with Crippen LogP contribution in [0.15, 0.2) is 54.1 Å². The highest BCUT2D eigenvalue weighted by molar-refractivity contribution is 6.06. The van der Waals surface area contributed by atoms with Gasteiger partial charge in [0.25, 0.3) is 5.91 Å². The molecular weight excluding hydrogens is 285 g/mol. The van der Waals surface area contributed by atoms with Crippen LogP contribution in [-0.4, -0.2) is 17.0 Å². The average Bonchev–Trinajstić information content (AvgIpc) is 2.49. The summed E-state index contributed by atoms with van der Waals surface area (Å²) in [6.45, 7) is 1.62. The zero-order valence-electron chi connectivity index (χ0n) is 11.8. The Balaban J connectivity index is 2.12. The second kappa shape index (κ2) is 6.67. The van der Waals surface area contributed by atoms with Gasteiger partial charge in [0.15, 0.2) is 0 Å². The van der Waals surface area contributed by atoms with Crippen LogP contribution in [0.1, 0.15) is 22.8 Å². The van der Waals surface area contributed by atoms with Crippen LogP contribution in [-0.2, 0) is 4.79 Å². The van der Waals surface area contributed by atoms with Crippen molar-refractivity contribution in [1.29, 1.82) is 0 Å². The van der Waals surface area contributed by atoms with Crippen LogP contribution in [0.3, 0.4) is 0 Å². The van der Waals surface area contributed by atoms with Crippen molar-refractivity contribution in [2.24, 2.45) is 0 Å². The van der Waals surface area contributed by atoms with E-state index in [1.165, 1.54) is 24.3 Å². The third-order valence-electron chi connectivity index (χ3n) is 2.98. The maximum absolute atomic E-state index is 12.8. The van der Waals surface area contributed by atoms with Crippen molar-refractivity contribution >= 4 is 23.6 Å². The van der Waals surface area contributed by atoms with Crippen LogP contribution >= 0.6 is 0 Å². The van der Waals surface area contributed by atoms with Crippen LogP contribution in [0.25, 0.3) is 6.08 Å². The lowest BCUT2D eigenvalue weighted by Crippen LogP contribution is -2.13. The molecule has 0 atom stereocenters. The third kappa shape index (κ3) is 4.02. The summed E-state index contributed by atoms with van der Waals surface area (Å²) >= 11 is 0. The molecule has 0 saturated heterocycles. The summed E-state index contributed by atoms with van der Waals surface area (Å²) in [5, 5.41) is 11.5. The fourth-order valence-electron chi connectivity index (χ4n) is 1.83. The van der Waals surface area contributed by atoms with Crippen LogP contribution in [0.4, 0.5) is 10.1 Å². The summed E-state index contributed by atoms with van der Waals surface area (Å²) in [6.07, 6.45) is 1.62. The number of halogens is 1. The van der Waals surface area contributed by atoms with Crippen LogP contribution in [0.2, 0.25) is 0 Å². The number of carbonyl (C=O) groups excluding carboxylic acids is 1. The Morgan fingerprint density at radius 3 is 2.45 bits per heavy atom. The third-order valence-corrected chi connectivity index (χ3v) is 2.98. The number of anilines is 1. The Labute approximate surface area is 126 Å². The van der Waals surface area contributed by atoms with Gasteiger partial charge in [-0.3, -0.25) is 4.79 Å². The largest absolute Gasteiger partial charge is 0.478 e. The lowest BCUT2D eigenvalue weighted by molar-refractivity contribution is -0.112. The molecule has 22 heavy (non-hydrogen) atoms. The maximum Gasteiger partial charge on any atom is 0.335 e. The smallest absolute Gasteiger partial charge is 0.335 e. The van der Waals surface area contributed by atoms with Gasteiger partial charge in [-0.2, -0.15) is 0 Å². The Morgan fingerprint density at radius 1 is 1.14 bits per heavy atom. The van der Waals surface area contributed by atoms with E-state index in [-0.39, 0.29) is 17.3 Å². The normalized spacial score (nSPS) is 11.1. The van der Waals surface area contributed by atoms with E-state index >= 15 is 0 Å². The average molecular weight is 299 g/mol. The summed E-state index contributed by atoms with van der Waals surface area (Å²) in [4.78, 5) is 23.0. The van der Waals surface area contributed by atoms with Gasteiger partial charge in [-0.15, -0.1) is 0 Å². The number of aromatic carboxylic acids is 1. The molecule has 0 aliphatic carbocycles. The van der Waals surface area contributed by atoms with E-state index in [1.54, 1.807) is 37.3 Å². The lowest BCUT2D eigenvalue weighted by Gasteiger charge is -2.06. The molecule has 2 aromatic rings. The molecule has 0 fully saturated rings. The molecule has 0 radical (unpaired) electrons. The molecule has 0 heterocycles. The summed E-state index contributed by atoms with van der Waals surface area (Å²) < 4.78 is 12.8. The van der Waals surface area contributed by atoms with Crippen LogP contribution in [0.5, 0.6) is 0 Å². The van der Waals surface area contributed by atoms with Crippen molar-refractivity contribution in [3.05, 3.63) is 71.0 Å². The van der Waals surface area contributed by atoms with Gasteiger partial charge in [-0.1, -0.05) is 18.2 Å². The number of carboxylic acids is 1. The number of amides is 1. The molecule has 5 heteroatoms. The molecule has 0 bridgehead atoms. The quantitative estimate of drug-likeness (QED) is 0.848. The number of rotatable bonds is 4. The van der Waals surface area contributed by atoms with E-state index in [9.17, 15) is 14.0 Å². The fraction of sp³-hybridized carbons (Fsp3) is 0.0588. The van der Waals surface area contributed by atoms with Gasteiger partial charge in [0.2, 0.25) is 0 Å². The molecule has 0 aromatic heterocycles. The Bertz CT molecular complexity index is 736. The standard InChI is InChI=1S/C17H14FNO3/c1-11(9-12-5-7-14(18)8-6-12)16(20)19-15-4-2-3-13(10-15)17(21)22/h2-10H,1H3,(H,19,20)(H,21,22)/b11-9+. The summed E-state index contributed by atoms with van der Waals surface area (Å²) in [5.74, 6) is -1.76. The van der Waals surface area contributed by atoms with Crippen molar-refractivity contribution in [3.63, 3.8) is 0 Å². The van der Waals surface area contributed by atoms with Gasteiger partial charge >= 0.3 is 5.97 Å². The first-order valence-corrected chi connectivity index (χ1v) is 6.54. The predicted molar refractivity (Wildman–Crippen MR) is 82.1 cm³/mol. The number of carbonyl (C=O) groups is 2. The summed E-state index contributed by atoms with van der Waals surface area (Å²) in [5.41, 5.74) is 1.62. The molecule has 0 unspecified atom stereocenters. The molecule has 2 N–H and O–H groups in total. The Hall–Kier alpha value is -2.95. The first-order valence-electron chi connectivity index (χ1n) is 6.54. The van der Waals surface area contributed by atoms with E-state index in [0.717, 1.165) is 0 Å². The maximum atomic E-state index is 12.8. The SMILES string of the molecule is C/C(=C\c1ccc(F)cc1)C(=O)Nc1cccc(C(=O)O)c1. The molecule has 2 aromatic carbocycles. The topological polar surface area (TPSA) is 66.4 Å². The van der Waals surface area contributed by atoms with Crippen molar-refractivity contribution in [2.75, 3.05) is 5.32 Å². The van der Waals surface area contributed by atoms with Crippen molar-refractivity contribution in [2.45, 2.75) is 6.92 Å². The fourth-order valence-corrected chi connectivity index (χ4v) is 1.83. The molecule has 0 saturated carbocycles. The number of hydrogen-bond acceptors (Lipinski definition) is 2. The molecule has 0 aliphatic heterocycles. The molecule has 2 rings (SSSR count). The molecule has 1 amide bonds. The number of carboxylic acid groups (broad SMARTS) is 1. The highest BCUT2D eigenvalue weighted by Gasteiger charge is 2.08. The van der Waals surface area contributed by atoms with Crippen LogP contribution in [0, 0.1) is 5.82 Å². The van der Waals surface area contributed by atoms with Crippen molar-refractivity contribution < 1.29 is 19.1 Å². The van der Waals surface area contributed by atoms with Gasteiger partial charge in [0.05, 0.1) is 5.56 Å². The molecule has 112 valence electrons. The minimum Gasteiger partial charge on any atom is -0.478 e. The number of benzene rings is 2. The van der Waals surface area contributed by atoms with E-state index < -0.39 is 5.97 Å². The van der Waals surface area contributed by atoms with Crippen molar-refractivity contribution in [1.82, 2.24) is 0 Å². The molecular formula is C17H14FNO3. The van der Waals surface area contributed by atoms with Crippen LogP contribution < -0.4 is 5.32 Å². The second-order valence-corrected chi connectivity index (χ2v) is 4.72. The van der Waals surface area contributed by atoms with E-state index in [2.05, 4.69) is 5.32 Å². The summed E-state index contributed by atoms with van der Waals surface area (Å²) in [6, 6.07) is 11.7. The number of hydrogen-bond donors (Lipinski definition) is 2. The van der Waals surface area contributed by atoms with Gasteiger partial charge in [-0.05, 0) is 48.9 Å². The summed E-state index contributed by atoms with van der Waals surface area (Å²) in [7, 11) is 0. The van der Waals surface area contributed by atoms with Gasteiger partial charge in [0.1, 0.15) is 5.82 Å². The first-order chi connectivity index (χ1) is 10.5. The van der Waals surface area contributed by atoms with E-state index in [4.69, 9.17) is 5.11 Å². The molecule has 4 nitrogen and oxygen atoms in total. The van der Waals surface area contributed by atoms with E-state index in [1.807, 2.05) is 0 Å². The van der Waals surface area contributed by atoms with Gasteiger partial charge in [-0.25, -0.2) is 9.18 Å². The zero-order chi connectivity index (χ0) is 16.1. The highest BCUT2D eigenvalue weighted by atomic mass is 19.1. The first kappa shape index (κ1) is 15.4. The molecule has 0 aliphatic rings. The zero-order valence-corrected chi connectivity index (χ0v) is 11.8. The minimum atomic E-state index is -1.06. The molecule has 0 spiro atoms. The lowest BCUT2D eigenvalue weighted by atomic mass is 10.1. The predicted octanol–water partition coefficient (Wildman–Crippen LogP) is 3.57. The van der Waals surface area contributed by atoms with E-state index in [0.29, 0.717) is 16.8 Å². The number of nitrogens with one attached hydrogen (secondary N) is 1. The Morgan fingerprint density at radius 2 is 1.82 bits per heavy atom. The van der Waals surface area contributed by atoms with Crippen molar-refractivity contribution in [3.8, 4) is 0 Å². The van der Waals surface area contributed by atoms with Gasteiger partial charge in [0, 0.05) is 11.3 Å². The minimum absolute atomic E-state index is 0.0953. The van der Waals surface area contributed by atoms with Gasteiger partial charge < -0.3 is 10.4 Å².